The van der Waals surface area contributed by atoms with E-state index in [4.69, 9.17) is 4.42 Å². The number of aryl methyl sites for hydroxylation is 1. The maximum atomic E-state index is 5.38. The molecule has 1 N–H and O–H groups in total. The van der Waals surface area contributed by atoms with E-state index < -0.39 is 0 Å². The molecule has 0 aromatic carbocycles. The molecule has 0 radical (unpaired) electrons. The quantitative estimate of drug-likeness (QED) is 0.663. The summed E-state index contributed by atoms with van der Waals surface area (Å²) in [6, 6.07) is 3.92. The fourth-order valence-corrected chi connectivity index (χ4v) is 0.942. The first-order valence-corrected chi connectivity index (χ1v) is 3.66. The first kappa shape index (κ1) is 8.14. The number of nitrogens with one attached hydrogen (secondary N) is 1. The molecule has 0 saturated heterocycles. The number of furan rings is 1. The van der Waals surface area contributed by atoms with Gasteiger partial charge in [0.1, 0.15) is 5.76 Å². The summed E-state index contributed by atoms with van der Waals surface area (Å²) in [5.41, 5.74) is 0. The second kappa shape index (κ2) is 3.44. The molecule has 11 heavy (non-hydrogen) atoms. The number of rotatable bonds is 3. The first-order valence-electron chi connectivity index (χ1n) is 3.66. The lowest BCUT2D eigenvalue weighted by molar-refractivity contribution is 0.521. The fraction of sp³-hybridized carbons (Fsp3) is 0.500. The van der Waals surface area contributed by atoms with Gasteiger partial charge in [0, 0.05) is 13.1 Å². The Morgan fingerprint density at radius 1 is 1.55 bits per heavy atom. The lowest BCUT2D eigenvalue weighted by Crippen LogP contribution is -2.27. The van der Waals surface area contributed by atoms with E-state index in [1.165, 1.54) is 0 Å². The lowest BCUT2D eigenvalue weighted by Gasteiger charge is -2.14. The zero-order valence-corrected chi connectivity index (χ0v) is 7.22. The second-order valence-electron chi connectivity index (χ2n) is 2.59. The van der Waals surface area contributed by atoms with E-state index in [0.29, 0.717) is 0 Å². The van der Waals surface area contributed by atoms with Gasteiger partial charge in [0.15, 0.2) is 5.88 Å². The molecule has 0 amide bonds. The third kappa shape index (κ3) is 1.98. The first-order chi connectivity index (χ1) is 5.24. The third-order valence-corrected chi connectivity index (χ3v) is 1.50. The predicted octanol–water partition coefficient (Wildman–Crippen LogP) is 1.20. The smallest absolute Gasteiger partial charge is 0.196 e. The molecule has 0 saturated carbocycles. The van der Waals surface area contributed by atoms with Crippen molar-refractivity contribution in [3.8, 4) is 0 Å². The van der Waals surface area contributed by atoms with E-state index in [9.17, 15) is 0 Å². The molecule has 0 aliphatic carbocycles. The van der Waals surface area contributed by atoms with Crippen LogP contribution in [0, 0.1) is 6.92 Å². The Bertz CT molecular complexity index is 220. The summed E-state index contributed by atoms with van der Waals surface area (Å²) in [5.74, 6) is 1.85. The van der Waals surface area contributed by atoms with Crippen LogP contribution in [0.3, 0.4) is 0 Å². The zero-order valence-electron chi connectivity index (χ0n) is 7.22. The summed E-state index contributed by atoms with van der Waals surface area (Å²) < 4.78 is 5.38. The number of hydrogen-bond acceptors (Lipinski definition) is 3. The Morgan fingerprint density at radius 2 is 2.27 bits per heavy atom. The monoisotopic (exact) mass is 154 g/mol. The maximum Gasteiger partial charge on any atom is 0.196 e. The molecule has 0 unspecified atom stereocenters. The van der Waals surface area contributed by atoms with Gasteiger partial charge >= 0.3 is 0 Å². The molecule has 3 nitrogen and oxygen atoms in total. The third-order valence-electron chi connectivity index (χ3n) is 1.50. The number of nitrogens with zero attached hydrogens (tertiary/aromatic N) is 1. The van der Waals surface area contributed by atoms with Crippen LogP contribution in [0.2, 0.25) is 0 Å². The van der Waals surface area contributed by atoms with Crippen LogP contribution in [-0.2, 0) is 0 Å². The van der Waals surface area contributed by atoms with Crippen LogP contribution >= 0.6 is 0 Å². The molecule has 62 valence electrons. The molecule has 3 heteroatoms. The standard InChI is InChI=1S/C8H14N2O/c1-7-4-5-8(11-7)10(3)6-9-2/h4-5,9H,6H2,1-3H3. The van der Waals surface area contributed by atoms with Gasteiger partial charge in [-0.3, -0.25) is 0 Å². The van der Waals surface area contributed by atoms with Crippen LogP contribution in [0.25, 0.3) is 0 Å². The molecule has 0 aliphatic rings. The van der Waals surface area contributed by atoms with E-state index in [1.807, 2.05) is 38.1 Å². The van der Waals surface area contributed by atoms with Crippen molar-refractivity contribution in [3.63, 3.8) is 0 Å². The molecule has 0 fully saturated rings. The van der Waals surface area contributed by atoms with Crippen molar-refractivity contribution in [2.75, 3.05) is 25.7 Å². The molecular formula is C8H14N2O. The summed E-state index contributed by atoms with van der Waals surface area (Å²) in [7, 11) is 3.89. The van der Waals surface area contributed by atoms with Gasteiger partial charge in [-0.05, 0) is 20.0 Å². The van der Waals surface area contributed by atoms with Crippen molar-refractivity contribution in [3.05, 3.63) is 17.9 Å². The van der Waals surface area contributed by atoms with Crippen molar-refractivity contribution in [2.45, 2.75) is 6.92 Å². The van der Waals surface area contributed by atoms with Crippen LogP contribution in [0.15, 0.2) is 16.5 Å². The van der Waals surface area contributed by atoms with E-state index in [0.717, 1.165) is 18.3 Å². The molecule has 0 aliphatic heterocycles. The van der Waals surface area contributed by atoms with Gasteiger partial charge in [-0.25, -0.2) is 0 Å². The SMILES string of the molecule is CNCN(C)c1ccc(C)o1. The maximum absolute atomic E-state index is 5.38. The topological polar surface area (TPSA) is 28.4 Å². The average Bonchev–Trinajstić information content (AvgIpc) is 2.36. The second-order valence-corrected chi connectivity index (χ2v) is 2.59. The van der Waals surface area contributed by atoms with Gasteiger partial charge in [0.05, 0.1) is 6.67 Å². The van der Waals surface area contributed by atoms with Crippen molar-refractivity contribution in [2.24, 2.45) is 0 Å². The van der Waals surface area contributed by atoms with Gasteiger partial charge in [0.25, 0.3) is 0 Å². The Labute approximate surface area is 67.0 Å². The zero-order chi connectivity index (χ0) is 8.27. The van der Waals surface area contributed by atoms with Crippen molar-refractivity contribution < 1.29 is 4.42 Å². The minimum atomic E-state index is 0.799. The van der Waals surface area contributed by atoms with E-state index in [1.54, 1.807) is 0 Å². The van der Waals surface area contributed by atoms with Crippen LogP contribution in [0.5, 0.6) is 0 Å². The largest absolute Gasteiger partial charge is 0.446 e. The van der Waals surface area contributed by atoms with Gasteiger partial charge in [-0.1, -0.05) is 0 Å². The highest BCUT2D eigenvalue weighted by molar-refractivity contribution is 5.34. The Morgan fingerprint density at radius 3 is 2.73 bits per heavy atom. The van der Waals surface area contributed by atoms with Gasteiger partial charge < -0.3 is 14.6 Å². The molecule has 1 rings (SSSR count). The summed E-state index contributed by atoms with van der Waals surface area (Å²) in [4.78, 5) is 2.01. The van der Waals surface area contributed by atoms with Crippen molar-refractivity contribution in [1.29, 1.82) is 0 Å². The van der Waals surface area contributed by atoms with Crippen LogP contribution in [0.4, 0.5) is 5.88 Å². The summed E-state index contributed by atoms with van der Waals surface area (Å²) in [6.45, 7) is 2.74. The Hall–Kier alpha value is -0.960. The van der Waals surface area contributed by atoms with E-state index >= 15 is 0 Å². The molecule has 1 heterocycles. The molecule has 0 atom stereocenters. The van der Waals surface area contributed by atoms with Crippen molar-refractivity contribution >= 4 is 5.88 Å². The minimum absolute atomic E-state index is 0.799. The van der Waals surface area contributed by atoms with Crippen molar-refractivity contribution in [1.82, 2.24) is 5.32 Å². The summed E-state index contributed by atoms with van der Waals surface area (Å²) in [6.07, 6.45) is 0. The molecule has 0 spiro atoms. The average molecular weight is 154 g/mol. The predicted molar refractivity (Wildman–Crippen MR) is 45.8 cm³/mol. The fourth-order valence-electron chi connectivity index (χ4n) is 0.942. The lowest BCUT2D eigenvalue weighted by atomic mass is 10.5. The summed E-state index contributed by atoms with van der Waals surface area (Å²) in [5, 5.41) is 3.04. The number of anilines is 1. The van der Waals surface area contributed by atoms with E-state index in [-0.39, 0.29) is 0 Å². The van der Waals surface area contributed by atoms with E-state index in [2.05, 4.69) is 5.32 Å². The molecule has 0 bridgehead atoms. The minimum Gasteiger partial charge on any atom is -0.446 e. The molecule has 1 aromatic rings. The number of hydrogen-bond donors (Lipinski definition) is 1. The van der Waals surface area contributed by atoms with Crippen LogP contribution in [-0.4, -0.2) is 20.8 Å². The Balaban J connectivity index is 2.60. The highest BCUT2D eigenvalue weighted by Gasteiger charge is 2.01. The summed E-state index contributed by atoms with van der Waals surface area (Å²) >= 11 is 0. The van der Waals surface area contributed by atoms with Crippen LogP contribution in [0.1, 0.15) is 5.76 Å². The van der Waals surface area contributed by atoms with Gasteiger partial charge in [0.2, 0.25) is 0 Å². The Kier molecular flexibility index (Phi) is 2.54. The van der Waals surface area contributed by atoms with Gasteiger partial charge in [-0.2, -0.15) is 0 Å². The molecule has 1 aromatic heterocycles. The van der Waals surface area contributed by atoms with Gasteiger partial charge in [-0.15, -0.1) is 0 Å². The highest BCUT2D eigenvalue weighted by atomic mass is 16.4. The normalized spacial score (nSPS) is 10.1. The molecular weight excluding hydrogens is 140 g/mol. The highest BCUT2D eigenvalue weighted by Crippen LogP contribution is 2.14. The van der Waals surface area contributed by atoms with Crippen LogP contribution < -0.4 is 10.2 Å².